The zero-order valence-corrected chi connectivity index (χ0v) is 30.1. The number of rotatable bonds is 14. The Morgan fingerprint density at radius 1 is 0.370 bits per heavy atom. The molecule has 0 aliphatic rings. The van der Waals surface area contributed by atoms with Gasteiger partial charge in [0.2, 0.25) is 0 Å². The molecule has 8 rings (SSSR count). The summed E-state index contributed by atoms with van der Waals surface area (Å²) in [6, 6.07) is 48.0. The molecule has 0 aliphatic carbocycles. The van der Waals surface area contributed by atoms with E-state index in [9.17, 15) is 0 Å². The van der Waals surface area contributed by atoms with Gasteiger partial charge >= 0.3 is 0 Å². The van der Waals surface area contributed by atoms with Gasteiger partial charge in [0.15, 0.2) is 0 Å². The summed E-state index contributed by atoms with van der Waals surface area (Å²) in [6.45, 7) is 4.09. The fourth-order valence-corrected chi connectivity index (χ4v) is 7.02. The largest absolute Gasteiger partial charge is 0.287 e. The molecule has 0 fully saturated rings. The molecule has 0 N–H and O–H groups in total. The highest BCUT2D eigenvalue weighted by Gasteiger charge is 2.18. The number of hydrogen-bond donors (Lipinski definition) is 0. The van der Waals surface area contributed by atoms with Crippen molar-refractivity contribution in [3.05, 3.63) is 209 Å². The van der Waals surface area contributed by atoms with Crippen molar-refractivity contribution in [3.63, 3.8) is 0 Å². The molecular weight excluding hydrogens is 663 g/mol. The third kappa shape index (κ3) is 8.61. The Labute approximate surface area is 316 Å². The van der Waals surface area contributed by atoms with Gasteiger partial charge in [-0.2, -0.15) is 0 Å². The van der Waals surface area contributed by atoms with E-state index in [2.05, 4.69) is 133 Å². The van der Waals surface area contributed by atoms with E-state index in [1.54, 1.807) is 0 Å². The van der Waals surface area contributed by atoms with E-state index in [0.29, 0.717) is 39.3 Å². The van der Waals surface area contributed by atoms with Crippen molar-refractivity contribution in [3.8, 4) is 0 Å². The molecule has 0 radical (unpaired) electrons. The summed E-state index contributed by atoms with van der Waals surface area (Å²) in [7, 11) is 0. The predicted molar refractivity (Wildman–Crippen MR) is 217 cm³/mol. The number of hydrogen-bond acceptors (Lipinski definition) is 7. The maximum absolute atomic E-state index is 5.58. The first-order valence-corrected chi connectivity index (χ1v) is 18.4. The van der Waals surface area contributed by atoms with Crippen molar-refractivity contribution in [2.75, 3.05) is 0 Å². The zero-order valence-electron chi connectivity index (χ0n) is 30.1. The van der Waals surface area contributed by atoms with Crippen LogP contribution in [0.5, 0.6) is 0 Å². The van der Waals surface area contributed by atoms with Gasteiger partial charge in [-0.25, -0.2) is 4.98 Å². The fourth-order valence-electron chi connectivity index (χ4n) is 7.02. The third-order valence-electron chi connectivity index (χ3n) is 9.52. The summed E-state index contributed by atoms with van der Waals surface area (Å²) in [5.74, 6) is 0. The standard InChI is InChI=1S/C47H41N7/c1-2-14-36(15-3-1)24-25-43-44-22-12-16-37(30-53(32-39-18-4-8-26-48-39)33-40-19-5-9-27-49-40)46(44)52-47-38(17-13-23-45(43)47)31-54(34-41-20-6-10-28-50-41)35-42-21-7-11-29-51-42/h1-29H,30-35H2/b25-24+. The van der Waals surface area contributed by atoms with Crippen LogP contribution >= 0.6 is 0 Å². The summed E-state index contributed by atoms with van der Waals surface area (Å²) in [4.78, 5) is 29.1. The first-order chi connectivity index (χ1) is 26.7. The van der Waals surface area contributed by atoms with E-state index in [1.165, 1.54) is 0 Å². The molecule has 0 aliphatic heterocycles. The van der Waals surface area contributed by atoms with Gasteiger partial charge in [0.05, 0.1) is 33.8 Å². The topological polar surface area (TPSA) is 70.9 Å². The minimum atomic E-state index is 0.679. The van der Waals surface area contributed by atoms with E-state index < -0.39 is 0 Å². The smallest absolute Gasteiger partial charge is 0.0760 e. The second-order valence-corrected chi connectivity index (χ2v) is 13.5. The van der Waals surface area contributed by atoms with E-state index >= 15 is 0 Å². The molecule has 54 heavy (non-hydrogen) atoms. The van der Waals surface area contributed by atoms with Gasteiger partial charge in [-0.1, -0.05) is 103 Å². The molecule has 0 unspecified atom stereocenters. The number of pyridine rings is 5. The van der Waals surface area contributed by atoms with Crippen molar-refractivity contribution < 1.29 is 0 Å². The lowest BCUT2D eigenvalue weighted by Crippen LogP contribution is -2.24. The van der Waals surface area contributed by atoms with Gasteiger partial charge in [0.25, 0.3) is 0 Å². The quantitative estimate of drug-likeness (QED) is 0.105. The Hall–Kier alpha value is -6.41. The van der Waals surface area contributed by atoms with E-state index in [1.807, 2.05) is 73.3 Å². The molecule has 7 nitrogen and oxygen atoms in total. The normalized spacial score (nSPS) is 11.7. The van der Waals surface area contributed by atoms with Gasteiger partial charge in [-0.05, 0) is 70.8 Å². The molecule has 0 bridgehead atoms. The van der Waals surface area contributed by atoms with Gasteiger partial charge in [0, 0.05) is 74.8 Å². The maximum Gasteiger partial charge on any atom is 0.0760 e. The summed E-state index contributed by atoms with van der Waals surface area (Å²) in [5, 5.41) is 2.25. The number of aromatic nitrogens is 5. The minimum Gasteiger partial charge on any atom is -0.287 e. The summed E-state index contributed by atoms with van der Waals surface area (Å²) < 4.78 is 0. The van der Waals surface area contributed by atoms with Crippen LogP contribution in [0, 0.1) is 0 Å². The molecule has 5 heterocycles. The van der Waals surface area contributed by atoms with Crippen LogP contribution in [0.15, 0.2) is 164 Å². The first-order valence-electron chi connectivity index (χ1n) is 18.4. The Morgan fingerprint density at radius 3 is 1.17 bits per heavy atom. The summed E-state index contributed by atoms with van der Waals surface area (Å²) in [6.07, 6.45) is 11.9. The average molecular weight is 704 g/mol. The SMILES string of the molecule is C(=C\c1c2cccc(CN(Cc3ccccn3)Cc3ccccn3)c2nc2c(CN(Cc3ccccn3)Cc3ccccn3)cccc12)/c1ccccc1. The monoisotopic (exact) mass is 703 g/mol. The van der Waals surface area contributed by atoms with Crippen LogP contribution in [-0.2, 0) is 39.3 Å². The minimum absolute atomic E-state index is 0.679. The van der Waals surface area contributed by atoms with Crippen LogP contribution in [0.25, 0.3) is 34.0 Å². The highest BCUT2D eigenvalue weighted by Crippen LogP contribution is 2.33. The van der Waals surface area contributed by atoms with Gasteiger partial charge in [-0.15, -0.1) is 0 Å². The zero-order chi connectivity index (χ0) is 36.4. The number of benzene rings is 3. The van der Waals surface area contributed by atoms with Crippen LogP contribution in [0.4, 0.5) is 0 Å². The maximum atomic E-state index is 5.58. The Bertz CT molecular complexity index is 2210. The van der Waals surface area contributed by atoms with Crippen molar-refractivity contribution in [2.45, 2.75) is 39.3 Å². The van der Waals surface area contributed by atoms with Gasteiger partial charge in [-0.3, -0.25) is 29.7 Å². The van der Waals surface area contributed by atoms with E-state index in [0.717, 1.165) is 66.8 Å². The molecule has 5 aromatic heterocycles. The number of para-hydroxylation sites is 2. The molecule has 7 heteroatoms. The summed E-state index contributed by atoms with van der Waals surface area (Å²) >= 11 is 0. The molecular formula is C47H41N7. The van der Waals surface area contributed by atoms with E-state index in [-0.39, 0.29) is 0 Å². The molecule has 264 valence electrons. The number of fused-ring (bicyclic) bond motifs is 2. The molecule has 0 spiro atoms. The van der Waals surface area contributed by atoms with Crippen LogP contribution < -0.4 is 0 Å². The van der Waals surface area contributed by atoms with Crippen molar-refractivity contribution in [1.82, 2.24) is 34.7 Å². The molecule has 0 saturated carbocycles. The Balaban J connectivity index is 1.24. The van der Waals surface area contributed by atoms with Crippen LogP contribution in [-0.4, -0.2) is 34.7 Å². The Kier molecular flexibility index (Phi) is 10.9. The molecule has 8 aromatic rings. The van der Waals surface area contributed by atoms with Crippen LogP contribution in [0.3, 0.4) is 0 Å². The lowest BCUT2D eigenvalue weighted by molar-refractivity contribution is 0.242. The second-order valence-electron chi connectivity index (χ2n) is 13.5. The van der Waals surface area contributed by atoms with Crippen LogP contribution in [0.1, 0.15) is 45.0 Å². The summed E-state index contributed by atoms with van der Waals surface area (Å²) in [5.41, 5.74) is 10.7. The lowest BCUT2D eigenvalue weighted by atomic mass is 9.97. The third-order valence-corrected chi connectivity index (χ3v) is 9.52. The van der Waals surface area contributed by atoms with Crippen molar-refractivity contribution in [1.29, 1.82) is 0 Å². The van der Waals surface area contributed by atoms with Gasteiger partial charge in [0.1, 0.15) is 0 Å². The molecule has 0 saturated heterocycles. The lowest BCUT2D eigenvalue weighted by Gasteiger charge is -2.24. The molecule has 0 atom stereocenters. The second kappa shape index (κ2) is 16.9. The predicted octanol–water partition coefficient (Wildman–Crippen LogP) is 9.54. The van der Waals surface area contributed by atoms with E-state index in [4.69, 9.17) is 4.98 Å². The Morgan fingerprint density at radius 2 is 0.778 bits per heavy atom. The molecule has 0 amide bonds. The van der Waals surface area contributed by atoms with Gasteiger partial charge < -0.3 is 0 Å². The van der Waals surface area contributed by atoms with Crippen molar-refractivity contribution >= 4 is 34.0 Å². The highest BCUT2D eigenvalue weighted by atomic mass is 15.1. The highest BCUT2D eigenvalue weighted by molar-refractivity contribution is 6.06. The van der Waals surface area contributed by atoms with Crippen molar-refractivity contribution in [2.24, 2.45) is 0 Å². The van der Waals surface area contributed by atoms with Crippen LogP contribution in [0.2, 0.25) is 0 Å². The number of nitrogens with zero attached hydrogens (tertiary/aromatic N) is 7. The first kappa shape index (κ1) is 34.7. The molecule has 3 aromatic carbocycles. The fraction of sp³-hybridized carbons (Fsp3) is 0.128. The average Bonchev–Trinajstić information content (AvgIpc) is 3.22.